The SMILES string of the molecule is O=C(Oc1cc(Cl)ccc1CN1CCNCC1)C1CC1. The number of esters is 1. The van der Waals surface area contributed by atoms with Gasteiger partial charge < -0.3 is 10.1 Å². The van der Waals surface area contributed by atoms with E-state index < -0.39 is 0 Å². The summed E-state index contributed by atoms with van der Waals surface area (Å²) in [6, 6.07) is 5.56. The lowest BCUT2D eigenvalue weighted by Gasteiger charge is -2.27. The molecule has 0 atom stereocenters. The molecule has 0 amide bonds. The zero-order chi connectivity index (χ0) is 13.9. The zero-order valence-electron chi connectivity index (χ0n) is 11.4. The van der Waals surface area contributed by atoms with Crippen LogP contribution in [0.1, 0.15) is 18.4 Å². The first-order valence-electron chi connectivity index (χ1n) is 7.15. The third kappa shape index (κ3) is 3.51. The first-order chi connectivity index (χ1) is 9.72. The van der Waals surface area contributed by atoms with E-state index >= 15 is 0 Å². The summed E-state index contributed by atoms with van der Waals surface area (Å²) >= 11 is 6.02. The standard InChI is InChI=1S/C15H19ClN2O2/c16-13-4-3-12(10-18-7-5-17-6-8-18)14(9-13)20-15(19)11-1-2-11/h3-4,9,11,17H,1-2,5-8,10H2. The number of nitrogens with one attached hydrogen (secondary N) is 1. The van der Waals surface area contributed by atoms with Crippen LogP contribution in [-0.2, 0) is 11.3 Å². The third-order valence-corrected chi connectivity index (χ3v) is 3.99. The van der Waals surface area contributed by atoms with Crippen molar-refractivity contribution in [2.24, 2.45) is 5.92 Å². The summed E-state index contributed by atoms with van der Waals surface area (Å²) in [5.41, 5.74) is 1.03. The van der Waals surface area contributed by atoms with Crippen LogP contribution >= 0.6 is 11.6 Å². The number of piperazine rings is 1. The molecule has 0 aromatic heterocycles. The van der Waals surface area contributed by atoms with Crippen molar-refractivity contribution < 1.29 is 9.53 Å². The molecule has 20 heavy (non-hydrogen) atoms. The highest BCUT2D eigenvalue weighted by Crippen LogP contribution is 2.32. The lowest BCUT2D eigenvalue weighted by Crippen LogP contribution is -2.42. The molecule has 108 valence electrons. The first kappa shape index (κ1) is 13.9. The second kappa shape index (κ2) is 6.12. The van der Waals surface area contributed by atoms with Crippen LogP contribution in [0.15, 0.2) is 18.2 Å². The van der Waals surface area contributed by atoms with Crippen LogP contribution in [0, 0.1) is 5.92 Å². The molecule has 4 nitrogen and oxygen atoms in total. The Kier molecular flexibility index (Phi) is 4.24. The van der Waals surface area contributed by atoms with E-state index in [1.165, 1.54) is 0 Å². The minimum Gasteiger partial charge on any atom is -0.426 e. The minimum absolute atomic E-state index is 0.0982. The van der Waals surface area contributed by atoms with E-state index in [4.69, 9.17) is 16.3 Å². The average molecular weight is 295 g/mol. The van der Waals surface area contributed by atoms with Crippen LogP contribution in [0.5, 0.6) is 5.75 Å². The van der Waals surface area contributed by atoms with E-state index in [0.29, 0.717) is 10.8 Å². The van der Waals surface area contributed by atoms with Crippen molar-refractivity contribution >= 4 is 17.6 Å². The highest BCUT2D eigenvalue weighted by atomic mass is 35.5. The smallest absolute Gasteiger partial charge is 0.314 e. The van der Waals surface area contributed by atoms with Crippen molar-refractivity contribution in [2.75, 3.05) is 26.2 Å². The molecule has 1 aliphatic heterocycles. The maximum Gasteiger partial charge on any atom is 0.314 e. The number of nitrogens with zero attached hydrogens (tertiary/aromatic N) is 1. The van der Waals surface area contributed by atoms with E-state index in [-0.39, 0.29) is 11.9 Å². The van der Waals surface area contributed by atoms with Gasteiger partial charge in [0.15, 0.2) is 0 Å². The van der Waals surface area contributed by atoms with Gasteiger partial charge in [0, 0.05) is 43.3 Å². The number of halogens is 1. The van der Waals surface area contributed by atoms with Gasteiger partial charge in [0.2, 0.25) is 0 Å². The normalized spacial score (nSPS) is 19.9. The van der Waals surface area contributed by atoms with Gasteiger partial charge in [-0.05, 0) is 25.0 Å². The topological polar surface area (TPSA) is 41.6 Å². The molecule has 2 aliphatic rings. The molecule has 1 N–H and O–H groups in total. The molecule has 1 heterocycles. The zero-order valence-corrected chi connectivity index (χ0v) is 12.2. The van der Waals surface area contributed by atoms with Crippen LogP contribution in [-0.4, -0.2) is 37.0 Å². The van der Waals surface area contributed by atoms with Crippen molar-refractivity contribution in [1.29, 1.82) is 0 Å². The lowest BCUT2D eigenvalue weighted by molar-refractivity contribution is -0.135. The Hall–Kier alpha value is -1.10. The summed E-state index contributed by atoms with van der Waals surface area (Å²) in [5.74, 6) is 0.600. The molecule has 0 unspecified atom stereocenters. The van der Waals surface area contributed by atoms with E-state index in [2.05, 4.69) is 10.2 Å². The maximum atomic E-state index is 11.8. The molecular weight excluding hydrogens is 276 g/mol. The molecule has 1 aromatic carbocycles. The molecule has 0 bridgehead atoms. The van der Waals surface area contributed by atoms with Crippen LogP contribution in [0.2, 0.25) is 5.02 Å². The molecule has 3 rings (SSSR count). The molecule has 0 radical (unpaired) electrons. The Morgan fingerprint density at radius 3 is 2.80 bits per heavy atom. The molecule has 5 heteroatoms. The van der Waals surface area contributed by atoms with Gasteiger partial charge >= 0.3 is 5.97 Å². The number of hydrogen-bond donors (Lipinski definition) is 1. The molecule has 1 aliphatic carbocycles. The van der Waals surface area contributed by atoms with E-state index in [0.717, 1.165) is 51.1 Å². The highest BCUT2D eigenvalue weighted by molar-refractivity contribution is 6.30. The molecular formula is C15H19ClN2O2. The van der Waals surface area contributed by atoms with Gasteiger partial charge in [-0.1, -0.05) is 17.7 Å². The monoisotopic (exact) mass is 294 g/mol. The predicted molar refractivity (Wildman–Crippen MR) is 78.0 cm³/mol. The molecule has 0 spiro atoms. The number of rotatable bonds is 4. The summed E-state index contributed by atoms with van der Waals surface area (Å²) in [6.45, 7) is 4.83. The minimum atomic E-state index is -0.117. The molecule has 1 aromatic rings. The summed E-state index contributed by atoms with van der Waals surface area (Å²) in [4.78, 5) is 14.2. The second-order valence-corrected chi connectivity index (χ2v) is 5.91. The number of benzene rings is 1. The van der Waals surface area contributed by atoms with Gasteiger partial charge in [0.25, 0.3) is 0 Å². The number of carbonyl (C=O) groups excluding carboxylic acids is 1. The summed E-state index contributed by atoms with van der Waals surface area (Å²) in [5, 5.41) is 3.94. The van der Waals surface area contributed by atoms with Gasteiger partial charge in [0.1, 0.15) is 5.75 Å². The number of carbonyl (C=O) groups is 1. The van der Waals surface area contributed by atoms with E-state index in [1.54, 1.807) is 6.07 Å². The number of ether oxygens (including phenoxy) is 1. The van der Waals surface area contributed by atoms with Crippen molar-refractivity contribution in [3.8, 4) is 5.75 Å². The largest absolute Gasteiger partial charge is 0.426 e. The van der Waals surface area contributed by atoms with Gasteiger partial charge in [0.05, 0.1) is 5.92 Å². The van der Waals surface area contributed by atoms with Crippen molar-refractivity contribution in [3.05, 3.63) is 28.8 Å². The van der Waals surface area contributed by atoms with Gasteiger partial charge in [-0.25, -0.2) is 0 Å². The van der Waals surface area contributed by atoms with Gasteiger partial charge in [-0.15, -0.1) is 0 Å². The van der Waals surface area contributed by atoms with Gasteiger partial charge in [-0.2, -0.15) is 0 Å². The van der Waals surface area contributed by atoms with Crippen LogP contribution in [0.4, 0.5) is 0 Å². The highest BCUT2D eigenvalue weighted by Gasteiger charge is 2.32. The predicted octanol–water partition coefficient (Wildman–Crippen LogP) is 2.06. The fourth-order valence-electron chi connectivity index (χ4n) is 2.37. The second-order valence-electron chi connectivity index (χ2n) is 5.47. The Morgan fingerprint density at radius 2 is 2.10 bits per heavy atom. The lowest BCUT2D eigenvalue weighted by atomic mass is 10.1. The van der Waals surface area contributed by atoms with Gasteiger partial charge in [-0.3, -0.25) is 9.69 Å². The Balaban J connectivity index is 1.72. The van der Waals surface area contributed by atoms with Crippen LogP contribution in [0.25, 0.3) is 0 Å². The van der Waals surface area contributed by atoms with Crippen molar-refractivity contribution in [1.82, 2.24) is 10.2 Å². The van der Waals surface area contributed by atoms with Crippen molar-refractivity contribution in [2.45, 2.75) is 19.4 Å². The first-order valence-corrected chi connectivity index (χ1v) is 7.53. The maximum absolute atomic E-state index is 11.8. The molecule has 1 saturated heterocycles. The summed E-state index contributed by atoms with van der Waals surface area (Å²) in [6.07, 6.45) is 1.90. The molecule has 1 saturated carbocycles. The Morgan fingerprint density at radius 1 is 1.35 bits per heavy atom. The third-order valence-electron chi connectivity index (χ3n) is 3.75. The summed E-state index contributed by atoms with van der Waals surface area (Å²) < 4.78 is 5.53. The Bertz CT molecular complexity index is 497. The Labute approximate surface area is 124 Å². The fraction of sp³-hybridized carbons (Fsp3) is 0.533. The van der Waals surface area contributed by atoms with E-state index in [9.17, 15) is 4.79 Å². The molecule has 2 fully saturated rings. The van der Waals surface area contributed by atoms with E-state index in [1.807, 2.05) is 12.1 Å². The number of hydrogen-bond acceptors (Lipinski definition) is 4. The quantitative estimate of drug-likeness (QED) is 0.682. The van der Waals surface area contributed by atoms with Crippen molar-refractivity contribution in [3.63, 3.8) is 0 Å². The fourth-order valence-corrected chi connectivity index (χ4v) is 2.54. The average Bonchev–Trinajstić information content (AvgIpc) is 3.27. The summed E-state index contributed by atoms with van der Waals surface area (Å²) in [7, 11) is 0. The van der Waals surface area contributed by atoms with Crippen LogP contribution < -0.4 is 10.1 Å². The van der Waals surface area contributed by atoms with Crippen LogP contribution in [0.3, 0.4) is 0 Å².